The Hall–Kier alpha value is -2.47. The number of benzene rings is 2. The molecule has 1 aliphatic rings. The number of fused-ring (bicyclic) bond motifs is 2. The maximum Gasteiger partial charge on any atom is 0.151 e. The highest BCUT2D eigenvalue weighted by Crippen LogP contribution is 2.45. The first kappa shape index (κ1) is 9.73. The smallest absolute Gasteiger partial charge is 0.151 e. The summed E-state index contributed by atoms with van der Waals surface area (Å²) in [6.45, 7) is 0. The summed E-state index contributed by atoms with van der Waals surface area (Å²) >= 11 is 0. The van der Waals surface area contributed by atoms with E-state index >= 15 is 0 Å². The second kappa shape index (κ2) is 3.53. The summed E-state index contributed by atoms with van der Waals surface area (Å²) in [6.07, 6.45) is 0. The Morgan fingerprint density at radius 2 is 1.82 bits per heavy atom. The van der Waals surface area contributed by atoms with Gasteiger partial charge >= 0.3 is 0 Å². The van der Waals surface area contributed by atoms with Crippen molar-refractivity contribution in [2.24, 2.45) is 0 Å². The molecule has 0 amide bonds. The van der Waals surface area contributed by atoms with Gasteiger partial charge in [0.15, 0.2) is 11.5 Å². The fourth-order valence-electron chi connectivity index (χ4n) is 2.00. The van der Waals surface area contributed by atoms with Crippen molar-refractivity contribution >= 4 is 11.4 Å². The number of hydrogen-bond donors (Lipinski definition) is 0. The van der Waals surface area contributed by atoms with Crippen LogP contribution in [0.3, 0.4) is 0 Å². The summed E-state index contributed by atoms with van der Waals surface area (Å²) in [5.41, 5.74) is 2.57. The first-order chi connectivity index (χ1) is 8.29. The van der Waals surface area contributed by atoms with Crippen LogP contribution in [0.1, 0.15) is 5.56 Å². The molecular weight excluding hydrogens is 212 g/mol. The van der Waals surface area contributed by atoms with Gasteiger partial charge in [0.2, 0.25) is 0 Å². The third kappa shape index (κ3) is 1.42. The Kier molecular flexibility index (Phi) is 2.02. The van der Waals surface area contributed by atoms with Gasteiger partial charge < -0.3 is 9.64 Å². The Morgan fingerprint density at radius 1 is 1.06 bits per heavy atom. The minimum Gasteiger partial charge on any atom is -0.453 e. The zero-order chi connectivity index (χ0) is 11.8. The van der Waals surface area contributed by atoms with Crippen LogP contribution in [0.25, 0.3) is 0 Å². The van der Waals surface area contributed by atoms with Crippen molar-refractivity contribution in [1.29, 1.82) is 5.26 Å². The Balaban J connectivity index is 2.17. The van der Waals surface area contributed by atoms with Crippen LogP contribution in [0.15, 0.2) is 42.5 Å². The first-order valence-corrected chi connectivity index (χ1v) is 5.34. The lowest BCUT2D eigenvalue weighted by molar-refractivity contribution is 0.475. The van der Waals surface area contributed by atoms with E-state index in [1.54, 1.807) is 6.07 Å². The number of nitriles is 1. The van der Waals surface area contributed by atoms with Gasteiger partial charge in [-0.2, -0.15) is 5.26 Å². The maximum atomic E-state index is 8.91. The van der Waals surface area contributed by atoms with Crippen LogP contribution in [0.4, 0.5) is 11.4 Å². The first-order valence-electron chi connectivity index (χ1n) is 5.34. The standard InChI is InChI=1S/C14H10N2O/c1-16-11-4-2-3-5-13(11)17-14-7-6-10(9-15)8-12(14)16/h2-8H,1H3. The molecule has 0 radical (unpaired) electrons. The molecule has 0 N–H and O–H groups in total. The van der Waals surface area contributed by atoms with Crippen molar-refractivity contribution in [2.45, 2.75) is 0 Å². The monoisotopic (exact) mass is 222 g/mol. The van der Waals surface area contributed by atoms with Gasteiger partial charge in [0, 0.05) is 7.05 Å². The molecule has 0 aromatic heterocycles. The lowest BCUT2D eigenvalue weighted by Gasteiger charge is -2.29. The number of para-hydroxylation sites is 2. The maximum absolute atomic E-state index is 8.91. The van der Waals surface area contributed by atoms with E-state index in [1.165, 1.54) is 0 Å². The third-order valence-corrected chi connectivity index (χ3v) is 2.90. The molecule has 0 fully saturated rings. The second-order valence-electron chi connectivity index (χ2n) is 3.92. The number of ether oxygens (including phenoxy) is 1. The molecule has 17 heavy (non-hydrogen) atoms. The predicted molar refractivity (Wildman–Crippen MR) is 65.7 cm³/mol. The molecule has 1 aliphatic heterocycles. The molecule has 0 spiro atoms. The summed E-state index contributed by atoms with van der Waals surface area (Å²) in [5, 5.41) is 8.91. The highest BCUT2D eigenvalue weighted by Gasteiger charge is 2.21. The third-order valence-electron chi connectivity index (χ3n) is 2.90. The van der Waals surface area contributed by atoms with Gasteiger partial charge in [-0.15, -0.1) is 0 Å². The van der Waals surface area contributed by atoms with Crippen LogP contribution < -0.4 is 9.64 Å². The zero-order valence-electron chi connectivity index (χ0n) is 9.34. The van der Waals surface area contributed by atoms with E-state index in [0.29, 0.717) is 5.56 Å². The molecule has 3 nitrogen and oxygen atoms in total. The van der Waals surface area contributed by atoms with Crippen LogP contribution in [-0.4, -0.2) is 7.05 Å². The molecular formula is C14H10N2O. The number of nitrogens with zero attached hydrogens (tertiary/aromatic N) is 2. The van der Waals surface area contributed by atoms with E-state index in [4.69, 9.17) is 10.00 Å². The fraction of sp³-hybridized carbons (Fsp3) is 0.0714. The van der Waals surface area contributed by atoms with E-state index in [0.717, 1.165) is 22.9 Å². The fourth-order valence-corrected chi connectivity index (χ4v) is 2.00. The SMILES string of the molecule is CN1c2ccccc2Oc2ccc(C#N)cc21. The molecule has 2 aromatic rings. The van der Waals surface area contributed by atoms with Gasteiger partial charge in [0.05, 0.1) is 23.0 Å². The van der Waals surface area contributed by atoms with Crippen molar-refractivity contribution in [3.63, 3.8) is 0 Å². The molecule has 1 heterocycles. The summed E-state index contributed by atoms with van der Waals surface area (Å²) < 4.78 is 5.80. The lowest BCUT2D eigenvalue weighted by Crippen LogP contribution is -2.15. The minimum absolute atomic E-state index is 0.638. The predicted octanol–water partition coefficient (Wildman–Crippen LogP) is 3.43. The highest BCUT2D eigenvalue weighted by molar-refractivity contribution is 5.78. The van der Waals surface area contributed by atoms with Gasteiger partial charge in [0.1, 0.15) is 0 Å². The van der Waals surface area contributed by atoms with Gasteiger partial charge in [0.25, 0.3) is 0 Å². The average molecular weight is 222 g/mol. The average Bonchev–Trinajstić information content (AvgIpc) is 2.39. The number of anilines is 2. The van der Waals surface area contributed by atoms with Crippen molar-refractivity contribution in [3.05, 3.63) is 48.0 Å². The van der Waals surface area contributed by atoms with E-state index in [2.05, 4.69) is 6.07 Å². The molecule has 3 rings (SSSR count). The quantitative estimate of drug-likeness (QED) is 0.685. The molecule has 0 aliphatic carbocycles. The van der Waals surface area contributed by atoms with Gasteiger partial charge in [-0.1, -0.05) is 12.1 Å². The van der Waals surface area contributed by atoms with Crippen molar-refractivity contribution in [2.75, 3.05) is 11.9 Å². The Bertz CT molecular complexity index is 628. The molecule has 2 aromatic carbocycles. The van der Waals surface area contributed by atoms with Gasteiger partial charge in [-0.05, 0) is 30.3 Å². The molecule has 0 unspecified atom stereocenters. The number of hydrogen-bond acceptors (Lipinski definition) is 3. The molecule has 0 saturated carbocycles. The Morgan fingerprint density at radius 3 is 2.65 bits per heavy atom. The summed E-state index contributed by atoms with van der Waals surface area (Å²) in [6, 6.07) is 15.4. The van der Waals surface area contributed by atoms with E-state index in [1.807, 2.05) is 48.3 Å². The summed E-state index contributed by atoms with van der Waals surface area (Å²) in [4.78, 5) is 2.04. The van der Waals surface area contributed by atoms with Crippen LogP contribution in [0, 0.1) is 11.3 Å². The van der Waals surface area contributed by atoms with Gasteiger partial charge in [-0.25, -0.2) is 0 Å². The van der Waals surface area contributed by atoms with Crippen LogP contribution in [0.5, 0.6) is 11.5 Å². The molecule has 0 atom stereocenters. The van der Waals surface area contributed by atoms with Crippen LogP contribution >= 0.6 is 0 Å². The van der Waals surface area contributed by atoms with Crippen molar-refractivity contribution in [3.8, 4) is 17.6 Å². The molecule has 0 bridgehead atoms. The highest BCUT2D eigenvalue weighted by atomic mass is 16.5. The molecule has 82 valence electrons. The summed E-state index contributed by atoms with van der Waals surface area (Å²) in [7, 11) is 1.97. The lowest BCUT2D eigenvalue weighted by atomic mass is 10.1. The zero-order valence-corrected chi connectivity index (χ0v) is 9.34. The molecule has 0 saturated heterocycles. The van der Waals surface area contributed by atoms with Crippen LogP contribution in [-0.2, 0) is 0 Å². The summed E-state index contributed by atoms with van der Waals surface area (Å²) in [5.74, 6) is 1.62. The van der Waals surface area contributed by atoms with Crippen molar-refractivity contribution < 1.29 is 4.74 Å². The topological polar surface area (TPSA) is 36.3 Å². The normalized spacial score (nSPS) is 12.1. The van der Waals surface area contributed by atoms with Crippen LogP contribution in [0.2, 0.25) is 0 Å². The van der Waals surface area contributed by atoms with E-state index in [-0.39, 0.29) is 0 Å². The van der Waals surface area contributed by atoms with Gasteiger partial charge in [-0.3, -0.25) is 0 Å². The minimum atomic E-state index is 0.638. The van der Waals surface area contributed by atoms with Crippen molar-refractivity contribution in [1.82, 2.24) is 0 Å². The molecule has 3 heteroatoms. The number of rotatable bonds is 0. The second-order valence-corrected chi connectivity index (χ2v) is 3.92. The largest absolute Gasteiger partial charge is 0.453 e. The van der Waals surface area contributed by atoms with E-state index < -0.39 is 0 Å². The van der Waals surface area contributed by atoms with E-state index in [9.17, 15) is 0 Å². The Labute approximate surface area is 99.5 Å².